The third kappa shape index (κ3) is 4.02. The number of fused-ring (bicyclic) bond motifs is 2. The summed E-state index contributed by atoms with van der Waals surface area (Å²) in [6.45, 7) is 11.7. The van der Waals surface area contributed by atoms with Gasteiger partial charge in [0.2, 0.25) is 0 Å². The van der Waals surface area contributed by atoms with E-state index in [1.165, 1.54) is 20.8 Å². The zero-order chi connectivity index (χ0) is 26.6. The number of ether oxygens (including phenoxy) is 6. The maximum Gasteiger partial charge on any atom is 0.306 e. The molecule has 0 aromatic rings. The van der Waals surface area contributed by atoms with E-state index < -0.39 is 64.9 Å². The van der Waals surface area contributed by atoms with Crippen molar-refractivity contribution in [3.8, 4) is 0 Å². The van der Waals surface area contributed by atoms with Crippen LogP contribution in [0.25, 0.3) is 0 Å². The zero-order valence-electron chi connectivity index (χ0n) is 22.0. The lowest BCUT2D eigenvalue weighted by Crippen LogP contribution is -2.68. The average molecular weight is 509 g/mol. The van der Waals surface area contributed by atoms with Crippen LogP contribution in [0.3, 0.4) is 0 Å². The van der Waals surface area contributed by atoms with Gasteiger partial charge in [0.1, 0.15) is 24.4 Å². The van der Waals surface area contributed by atoms with Gasteiger partial charge in [-0.05, 0) is 18.4 Å². The van der Waals surface area contributed by atoms with E-state index in [0.717, 1.165) is 5.57 Å². The van der Waals surface area contributed by atoms with Crippen LogP contribution in [0.4, 0.5) is 0 Å². The van der Waals surface area contributed by atoms with E-state index in [-0.39, 0.29) is 31.3 Å². The topological polar surface area (TPSA) is 127 Å². The molecule has 0 radical (unpaired) electrons. The lowest BCUT2D eigenvalue weighted by molar-refractivity contribution is -0.241. The van der Waals surface area contributed by atoms with Crippen molar-refractivity contribution in [2.75, 3.05) is 13.2 Å². The molecule has 2 heterocycles. The monoisotopic (exact) mass is 508 g/mol. The third-order valence-electron chi connectivity index (χ3n) is 8.28. The largest absolute Gasteiger partial charge is 0.465 e. The van der Waals surface area contributed by atoms with Crippen LogP contribution in [0.1, 0.15) is 61.3 Å². The Bertz CT molecular complexity index is 981. The maximum atomic E-state index is 12.6. The van der Waals surface area contributed by atoms with E-state index >= 15 is 0 Å². The Labute approximate surface area is 210 Å². The molecule has 4 rings (SSSR count). The van der Waals surface area contributed by atoms with Crippen LogP contribution < -0.4 is 0 Å². The van der Waals surface area contributed by atoms with Crippen molar-refractivity contribution in [3.05, 3.63) is 11.6 Å². The van der Waals surface area contributed by atoms with Gasteiger partial charge in [-0.15, -0.1) is 0 Å². The maximum absolute atomic E-state index is 12.6. The van der Waals surface area contributed by atoms with Gasteiger partial charge in [-0.3, -0.25) is 19.2 Å². The molecule has 0 N–H and O–H groups in total. The molecule has 1 unspecified atom stereocenters. The number of carbonyl (C=O) groups is 4. The molecule has 8 atom stereocenters. The summed E-state index contributed by atoms with van der Waals surface area (Å²) in [6.07, 6.45) is -1.38. The lowest BCUT2D eigenvalue weighted by atomic mass is 9.51. The minimum atomic E-state index is -1.01. The Kier molecular flexibility index (Phi) is 6.75. The molecule has 10 heteroatoms. The summed E-state index contributed by atoms with van der Waals surface area (Å²) in [7, 11) is 0. The summed E-state index contributed by atoms with van der Waals surface area (Å²) < 4.78 is 35.7. The highest BCUT2D eigenvalue weighted by atomic mass is 16.7. The zero-order valence-corrected chi connectivity index (χ0v) is 22.0. The fraction of sp³-hybridized carbons (Fsp3) is 0.769. The molecule has 2 bridgehead atoms. The van der Waals surface area contributed by atoms with Gasteiger partial charge in [0, 0.05) is 33.6 Å². The first-order valence-electron chi connectivity index (χ1n) is 12.4. The van der Waals surface area contributed by atoms with Crippen molar-refractivity contribution in [3.63, 3.8) is 0 Å². The van der Waals surface area contributed by atoms with Gasteiger partial charge in [-0.1, -0.05) is 26.8 Å². The lowest BCUT2D eigenvalue weighted by Gasteiger charge is -2.58. The molecular weight excluding hydrogens is 472 g/mol. The van der Waals surface area contributed by atoms with E-state index in [2.05, 4.69) is 0 Å². The van der Waals surface area contributed by atoms with Crippen LogP contribution in [-0.4, -0.2) is 73.2 Å². The van der Waals surface area contributed by atoms with Crippen molar-refractivity contribution >= 4 is 23.9 Å². The smallest absolute Gasteiger partial charge is 0.306 e. The molecule has 0 amide bonds. The summed E-state index contributed by atoms with van der Waals surface area (Å²) in [5, 5.41) is 0. The summed E-state index contributed by atoms with van der Waals surface area (Å²) in [5.74, 6) is -1.79. The van der Waals surface area contributed by atoms with Gasteiger partial charge in [0.05, 0.1) is 23.5 Å². The summed E-state index contributed by atoms with van der Waals surface area (Å²) in [4.78, 5) is 49.0. The van der Waals surface area contributed by atoms with Crippen molar-refractivity contribution in [2.24, 2.45) is 16.7 Å². The van der Waals surface area contributed by atoms with Gasteiger partial charge in [0.15, 0.2) is 12.2 Å². The first-order chi connectivity index (χ1) is 16.8. The molecule has 3 fully saturated rings. The van der Waals surface area contributed by atoms with Gasteiger partial charge in [0.25, 0.3) is 0 Å². The van der Waals surface area contributed by atoms with Crippen molar-refractivity contribution < 1.29 is 47.6 Å². The normalized spacial score (nSPS) is 40.2. The molecule has 36 heavy (non-hydrogen) atoms. The van der Waals surface area contributed by atoms with E-state index in [1.807, 2.05) is 33.8 Å². The van der Waals surface area contributed by atoms with Gasteiger partial charge < -0.3 is 28.4 Å². The Morgan fingerprint density at radius 1 is 1.06 bits per heavy atom. The average Bonchev–Trinajstić information content (AvgIpc) is 3.52. The fourth-order valence-electron chi connectivity index (χ4n) is 6.55. The van der Waals surface area contributed by atoms with Gasteiger partial charge in [-0.25, -0.2) is 0 Å². The van der Waals surface area contributed by atoms with Crippen LogP contribution in [0.15, 0.2) is 11.6 Å². The number of carbonyl (C=O) groups excluding carboxylic acids is 4. The summed E-state index contributed by atoms with van der Waals surface area (Å²) >= 11 is 0. The van der Waals surface area contributed by atoms with Crippen LogP contribution >= 0.6 is 0 Å². The van der Waals surface area contributed by atoms with Crippen LogP contribution in [0, 0.1) is 16.7 Å². The predicted octanol–water partition coefficient (Wildman–Crippen LogP) is 2.26. The highest BCUT2D eigenvalue weighted by Crippen LogP contribution is 2.72. The first kappa shape index (κ1) is 26.6. The van der Waals surface area contributed by atoms with Gasteiger partial charge in [-0.2, -0.15) is 0 Å². The first-order valence-corrected chi connectivity index (χ1v) is 12.4. The second kappa shape index (κ2) is 9.13. The van der Waals surface area contributed by atoms with Crippen molar-refractivity contribution in [1.82, 2.24) is 0 Å². The van der Waals surface area contributed by atoms with E-state index in [1.54, 1.807) is 0 Å². The number of esters is 4. The molecule has 200 valence electrons. The molecule has 1 spiro atoms. The van der Waals surface area contributed by atoms with Crippen molar-refractivity contribution in [2.45, 2.75) is 97.4 Å². The Balaban J connectivity index is 1.83. The molecule has 2 saturated heterocycles. The van der Waals surface area contributed by atoms with E-state index in [9.17, 15) is 19.2 Å². The quantitative estimate of drug-likeness (QED) is 0.219. The van der Waals surface area contributed by atoms with E-state index in [0.29, 0.717) is 6.61 Å². The minimum Gasteiger partial charge on any atom is -0.465 e. The minimum absolute atomic E-state index is 0.0894. The molecular formula is C26H36O10. The van der Waals surface area contributed by atoms with Crippen LogP contribution in [0.2, 0.25) is 0 Å². The van der Waals surface area contributed by atoms with Crippen LogP contribution in [0.5, 0.6) is 0 Å². The number of hydrogen-bond donors (Lipinski definition) is 0. The highest BCUT2D eigenvalue weighted by Gasteiger charge is 2.87. The molecule has 10 nitrogen and oxygen atoms in total. The number of epoxide rings is 1. The Hall–Kier alpha value is -2.46. The molecule has 1 saturated carbocycles. The second-order valence-electron chi connectivity index (χ2n) is 11.1. The molecule has 0 aromatic heterocycles. The third-order valence-corrected chi connectivity index (χ3v) is 8.28. The SMILES string of the molecule is CC(=O)OC[C@@]12C[C@@H](OC(=O)CC(C)C)C(C)=C[C@@H]1O[C@H]1[C@@H](OC(C)=O)[C@@H](OC(C)=O)[C@]2(C)C12CO2. The Morgan fingerprint density at radius 2 is 1.69 bits per heavy atom. The molecule has 0 aromatic carbocycles. The van der Waals surface area contributed by atoms with Crippen LogP contribution in [-0.2, 0) is 47.6 Å². The number of hydrogen-bond acceptors (Lipinski definition) is 10. The van der Waals surface area contributed by atoms with Crippen molar-refractivity contribution in [1.29, 1.82) is 0 Å². The van der Waals surface area contributed by atoms with E-state index in [4.69, 9.17) is 28.4 Å². The fourth-order valence-corrected chi connectivity index (χ4v) is 6.55. The number of rotatable bonds is 7. The molecule has 2 aliphatic carbocycles. The highest BCUT2D eigenvalue weighted by molar-refractivity contribution is 5.70. The predicted molar refractivity (Wildman–Crippen MR) is 123 cm³/mol. The molecule has 4 aliphatic rings. The summed E-state index contributed by atoms with van der Waals surface area (Å²) in [5.41, 5.74) is -2.15. The second-order valence-corrected chi connectivity index (χ2v) is 11.1. The van der Waals surface area contributed by atoms with Gasteiger partial charge >= 0.3 is 23.9 Å². The Morgan fingerprint density at radius 3 is 2.22 bits per heavy atom. The summed E-state index contributed by atoms with van der Waals surface area (Å²) in [6, 6.07) is 0. The standard InChI is InChI=1S/C26H36O10/c1-13(2)8-20(30)35-18-10-25(11-31-15(4)27)19(9-14(18)3)36-23-21(33-16(5)28)22(34-17(6)29)24(25,7)26(23)12-32-26/h9,13,18-19,21-23H,8,10-12H2,1-7H3/t18-,19+,21+,22-,23+,24+,25+,26?/m1/s1. The molecule has 2 aliphatic heterocycles.